The molecule has 0 unspecified atom stereocenters. The van der Waals surface area contributed by atoms with Gasteiger partial charge in [-0.15, -0.1) is 0 Å². The van der Waals surface area contributed by atoms with Crippen molar-refractivity contribution in [1.82, 2.24) is 10.2 Å². The quantitative estimate of drug-likeness (QED) is 0.412. The van der Waals surface area contributed by atoms with Crippen molar-refractivity contribution in [2.45, 2.75) is 26.7 Å². The van der Waals surface area contributed by atoms with Crippen molar-refractivity contribution in [3.63, 3.8) is 0 Å². The van der Waals surface area contributed by atoms with Gasteiger partial charge in [0.1, 0.15) is 5.75 Å². The third-order valence-corrected chi connectivity index (χ3v) is 5.28. The van der Waals surface area contributed by atoms with E-state index in [0.717, 1.165) is 56.9 Å². The molecule has 0 radical (unpaired) electrons. The normalized spacial score (nSPS) is 10.5. The summed E-state index contributed by atoms with van der Waals surface area (Å²) in [6.07, 6.45) is 1.83. The molecule has 0 saturated carbocycles. The average Bonchev–Trinajstić information content (AvgIpc) is 2.85. The van der Waals surface area contributed by atoms with Crippen LogP contribution in [0.5, 0.6) is 17.2 Å². The van der Waals surface area contributed by atoms with Crippen LogP contribution in [-0.4, -0.2) is 57.9 Å². The lowest BCUT2D eigenvalue weighted by molar-refractivity contribution is 0.235. The van der Waals surface area contributed by atoms with Gasteiger partial charge < -0.3 is 24.4 Å². The number of likely N-dealkylation sites (N-methyl/N-ethyl adjacent to an activating group) is 1. The van der Waals surface area contributed by atoms with Gasteiger partial charge in [-0.2, -0.15) is 10.5 Å². The monoisotopic (exact) mass is 450 g/mol. The van der Waals surface area contributed by atoms with Crippen molar-refractivity contribution in [2.75, 3.05) is 53.0 Å². The first-order valence-electron chi connectivity index (χ1n) is 11.4. The van der Waals surface area contributed by atoms with E-state index in [-0.39, 0.29) is 0 Å². The Morgan fingerprint density at radius 1 is 0.848 bits per heavy atom. The minimum absolute atomic E-state index is 0.555. The smallest absolute Gasteiger partial charge is 0.162 e. The van der Waals surface area contributed by atoms with Gasteiger partial charge in [0.05, 0.1) is 43.6 Å². The molecular weight excluding hydrogens is 416 g/mol. The van der Waals surface area contributed by atoms with Gasteiger partial charge in [-0.3, -0.25) is 0 Å². The molecule has 0 aliphatic heterocycles. The maximum atomic E-state index is 8.98. The molecule has 0 aliphatic carbocycles. The van der Waals surface area contributed by atoms with Crippen LogP contribution in [0.25, 0.3) is 0 Å². The maximum absolute atomic E-state index is 8.98. The molecule has 7 heteroatoms. The molecule has 0 atom stereocenters. The molecule has 0 bridgehead atoms. The standard InChI is InChI=1S/C26H34N4O3/c1-4-30(13-6-16-33-25-10-8-23(20-28)18-26(25)31-3)14-12-29-11-5-15-32-24-9-7-22(19-27)17-21(24)2/h7-10,17-18,29H,4-6,11-16H2,1-3H3. The summed E-state index contributed by atoms with van der Waals surface area (Å²) in [4.78, 5) is 2.39. The third kappa shape index (κ3) is 9.02. The first-order valence-corrected chi connectivity index (χ1v) is 11.4. The van der Waals surface area contributed by atoms with Crippen LogP contribution in [-0.2, 0) is 0 Å². The van der Waals surface area contributed by atoms with Gasteiger partial charge in [0.25, 0.3) is 0 Å². The molecule has 0 spiro atoms. The van der Waals surface area contributed by atoms with E-state index >= 15 is 0 Å². The third-order valence-electron chi connectivity index (χ3n) is 5.28. The van der Waals surface area contributed by atoms with Crippen molar-refractivity contribution in [2.24, 2.45) is 0 Å². The number of nitrogens with one attached hydrogen (secondary N) is 1. The van der Waals surface area contributed by atoms with Crippen molar-refractivity contribution < 1.29 is 14.2 Å². The highest BCUT2D eigenvalue weighted by Crippen LogP contribution is 2.27. The number of ether oxygens (including phenoxy) is 3. The second kappa shape index (κ2) is 14.7. The molecule has 0 aliphatic rings. The molecule has 176 valence electrons. The van der Waals surface area contributed by atoms with Crippen LogP contribution in [0.1, 0.15) is 36.5 Å². The number of nitrogens with zero attached hydrogens (tertiary/aromatic N) is 3. The molecule has 0 saturated heterocycles. The predicted molar refractivity (Wildman–Crippen MR) is 129 cm³/mol. The largest absolute Gasteiger partial charge is 0.493 e. The summed E-state index contributed by atoms with van der Waals surface area (Å²) in [6, 6.07) is 14.9. The average molecular weight is 451 g/mol. The molecule has 2 rings (SSSR count). The topological polar surface area (TPSA) is 90.5 Å². The van der Waals surface area contributed by atoms with Crippen LogP contribution in [0.3, 0.4) is 0 Å². The minimum atomic E-state index is 0.555. The molecule has 0 amide bonds. The number of nitriles is 2. The van der Waals surface area contributed by atoms with Crippen LogP contribution in [0.15, 0.2) is 36.4 Å². The number of benzene rings is 2. The number of hydrogen-bond acceptors (Lipinski definition) is 7. The lowest BCUT2D eigenvalue weighted by Gasteiger charge is -2.21. The highest BCUT2D eigenvalue weighted by molar-refractivity contribution is 5.46. The van der Waals surface area contributed by atoms with Gasteiger partial charge in [-0.25, -0.2) is 0 Å². The highest BCUT2D eigenvalue weighted by Gasteiger charge is 2.07. The molecule has 7 nitrogen and oxygen atoms in total. The highest BCUT2D eigenvalue weighted by atomic mass is 16.5. The van der Waals surface area contributed by atoms with E-state index in [1.165, 1.54) is 0 Å². The Labute approximate surface area is 197 Å². The second-order valence-corrected chi connectivity index (χ2v) is 7.66. The van der Waals surface area contributed by atoms with Crippen LogP contribution in [0.4, 0.5) is 0 Å². The maximum Gasteiger partial charge on any atom is 0.162 e. The van der Waals surface area contributed by atoms with Crippen molar-refractivity contribution >= 4 is 0 Å². The van der Waals surface area contributed by atoms with Crippen molar-refractivity contribution in [3.8, 4) is 29.4 Å². The fourth-order valence-electron chi connectivity index (χ4n) is 3.38. The van der Waals surface area contributed by atoms with E-state index in [4.69, 9.17) is 24.7 Å². The van der Waals surface area contributed by atoms with Crippen LogP contribution in [0, 0.1) is 29.6 Å². The zero-order chi connectivity index (χ0) is 23.9. The van der Waals surface area contributed by atoms with Crippen LogP contribution >= 0.6 is 0 Å². The molecule has 0 fully saturated rings. The van der Waals surface area contributed by atoms with Gasteiger partial charge in [0.2, 0.25) is 0 Å². The second-order valence-electron chi connectivity index (χ2n) is 7.66. The Kier molecular flexibility index (Phi) is 11.6. The summed E-state index contributed by atoms with van der Waals surface area (Å²) in [5.74, 6) is 2.09. The lowest BCUT2D eigenvalue weighted by atomic mass is 10.1. The molecule has 33 heavy (non-hydrogen) atoms. The fraction of sp³-hybridized carbons (Fsp3) is 0.462. The minimum Gasteiger partial charge on any atom is -0.493 e. The zero-order valence-corrected chi connectivity index (χ0v) is 19.9. The Balaban J connectivity index is 1.56. The molecular formula is C26H34N4O3. The van der Waals surface area contributed by atoms with Crippen LogP contribution < -0.4 is 19.5 Å². The number of hydrogen-bond donors (Lipinski definition) is 1. The Morgan fingerprint density at radius 3 is 2.18 bits per heavy atom. The summed E-state index contributed by atoms with van der Waals surface area (Å²) < 4.78 is 17.0. The van der Waals surface area contributed by atoms with Gasteiger partial charge in [-0.05, 0) is 68.8 Å². The SMILES string of the molecule is CCN(CCCOc1ccc(C#N)cc1OC)CCNCCCOc1ccc(C#N)cc1C. The molecule has 2 aromatic rings. The first kappa shape index (κ1) is 26.0. The van der Waals surface area contributed by atoms with Gasteiger partial charge >= 0.3 is 0 Å². The summed E-state index contributed by atoms with van der Waals surface area (Å²) in [6.45, 7) is 10.1. The molecule has 0 heterocycles. The van der Waals surface area contributed by atoms with Crippen molar-refractivity contribution in [1.29, 1.82) is 10.5 Å². The van der Waals surface area contributed by atoms with E-state index in [0.29, 0.717) is 35.8 Å². The number of methoxy groups -OCH3 is 1. The van der Waals surface area contributed by atoms with E-state index in [2.05, 4.69) is 29.3 Å². The number of aryl methyl sites for hydroxylation is 1. The summed E-state index contributed by atoms with van der Waals surface area (Å²) in [5, 5.41) is 21.4. The van der Waals surface area contributed by atoms with Crippen molar-refractivity contribution in [3.05, 3.63) is 53.1 Å². The molecule has 2 aromatic carbocycles. The number of rotatable bonds is 15. The van der Waals surface area contributed by atoms with E-state index in [1.807, 2.05) is 19.1 Å². The Hall–Kier alpha value is -3.26. The summed E-state index contributed by atoms with van der Waals surface area (Å²) >= 11 is 0. The van der Waals surface area contributed by atoms with E-state index in [1.54, 1.807) is 31.4 Å². The zero-order valence-electron chi connectivity index (χ0n) is 19.9. The predicted octanol–water partition coefficient (Wildman–Crippen LogP) is 3.90. The summed E-state index contributed by atoms with van der Waals surface area (Å²) in [5.41, 5.74) is 2.20. The fourth-order valence-corrected chi connectivity index (χ4v) is 3.38. The van der Waals surface area contributed by atoms with Gasteiger partial charge in [-0.1, -0.05) is 6.92 Å². The Morgan fingerprint density at radius 2 is 1.52 bits per heavy atom. The van der Waals surface area contributed by atoms with E-state index in [9.17, 15) is 0 Å². The lowest BCUT2D eigenvalue weighted by Crippen LogP contribution is -2.34. The Bertz CT molecular complexity index is 950. The van der Waals surface area contributed by atoms with E-state index < -0.39 is 0 Å². The molecule has 1 N–H and O–H groups in total. The van der Waals surface area contributed by atoms with Crippen LogP contribution in [0.2, 0.25) is 0 Å². The van der Waals surface area contributed by atoms with Gasteiger partial charge in [0, 0.05) is 25.7 Å². The van der Waals surface area contributed by atoms with Gasteiger partial charge in [0.15, 0.2) is 11.5 Å². The first-order chi connectivity index (χ1) is 16.1. The molecule has 0 aromatic heterocycles. The summed E-state index contributed by atoms with van der Waals surface area (Å²) in [7, 11) is 1.58.